The third kappa shape index (κ3) is 2.94. The van der Waals surface area contributed by atoms with Crippen LogP contribution in [0.25, 0.3) is 10.9 Å². The quantitative estimate of drug-likeness (QED) is 0.770. The first-order valence-electron chi connectivity index (χ1n) is 8.41. The number of aromatic nitrogens is 3. The molecule has 0 radical (unpaired) electrons. The Morgan fingerprint density at radius 2 is 2.04 bits per heavy atom. The second-order valence-electron chi connectivity index (χ2n) is 6.36. The van der Waals surface area contributed by atoms with Gasteiger partial charge in [-0.2, -0.15) is 5.10 Å². The molecule has 24 heavy (non-hydrogen) atoms. The van der Waals surface area contributed by atoms with Gasteiger partial charge >= 0.3 is 0 Å². The van der Waals surface area contributed by atoms with Gasteiger partial charge < -0.3 is 9.88 Å². The van der Waals surface area contributed by atoms with E-state index in [0.717, 1.165) is 41.7 Å². The number of hydrogen-bond donors (Lipinski definition) is 1. The molecule has 5 heteroatoms. The van der Waals surface area contributed by atoms with Gasteiger partial charge in [0.15, 0.2) is 0 Å². The highest BCUT2D eigenvalue weighted by molar-refractivity contribution is 6.06. The van der Waals surface area contributed by atoms with Crippen LogP contribution in [0.1, 0.15) is 41.4 Å². The van der Waals surface area contributed by atoms with E-state index < -0.39 is 0 Å². The Kier molecular flexibility index (Phi) is 4.42. The van der Waals surface area contributed by atoms with Crippen molar-refractivity contribution >= 4 is 22.6 Å². The molecule has 1 amide bonds. The summed E-state index contributed by atoms with van der Waals surface area (Å²) in [4.78, 5) is 12.8. The lowest BCUT2D eigenvalue weighted by Crippen LogP contribution is -2.19. The number of amides is 1. The van der Waals surface area contributed by atoms with Crippen LogP contribution in [0.2, 0.25) is 0 Å². The number of nitrogens with one attached hydrogen (secondary N) is 1. The Hall–Kier alpha value is -2.56. The lowest BCUT2D eigenvalue weighted by Gasteiger charge is -2.10. The molecule has 0 saturated carbocycles. The van der Waals surface area contributed by atoms with Gasteiger partial charge in [-0.3, -0.25) is 4.79 Å². The van der Waals surface area contributed by atoms with Gasteiger partial charge in [0.05, 0.1) is 6.20 Å². The van der Waals surface area contributed by atoms with Crippen molar-refractivity contribution in [1.29, 1.82) is 0 Å². The molecule has 1 N–H and O–H groups in total. The SMILES string of the molecule is CCCCn1ncc(C)c1NC(=O)c1cc2cc(C)ccc2n1C. The van der Waals surface area contributed by atoms with Gasteiger partial charge in [-0.25, -0.2) is 4.68 Å². The lowest BCUT2D eigenvalue weighted by molar-refractivity contribution is 0.101. The van der Waals surface area contributed by atoms with Crippen molar-refractivity contribution in [2.24, 2.45) is 7.05 Å². The van der Waals surface area contributed by atoms with Crippen molar-refractivity contribution in [2.75, 3.05) is 5.32 Å². The number of hydrogen-bond acceptors (Lipinski definition) is 2. The largest absolute Gasteiger partial charge is 0.340 e. The van der Waals surface area contributed by atoms with Crippen LogP contribution in [0.5, 0.6) is 0 Å². The molecular weight excluding hydrogens is 300 g/mol. The minimum absolute atomic E-state index is 0.104. The van der Waals surface area contributed by atoms with Crippen molar-refractivity contribution < 1.29 is 4.79 Å². The zero-order valence-electron chi connectivity index (χ0n) is 14.8. The summed E-state index contributed by atoms with van der Waals surface area (Å²) >= 11 is 0. The first kappa shape index (κ1) is 16.3. The number of fused-ring (bicyclic) bond motifs is 1. The van der Waals surface area contributed by atoms with E-state index in [1.807, 2.05) is 29.3 Å². The molecule has 126 valence electrons. The van der Waals surface area contributed by atoms with E-state index in [4.69, 9.17) is 0 Å². The number of nitrogens with zero attached hydrogens (tertiary/aromatic N) is 3. The number of carbonyl (C=O) groups is 1. The zero-order valence-corrected chi connectivity index (χ0v) is 14.8. The van der Waals surface area contributed by atoms with Gasteiger partial charge in [0.1, 0.15) is 11.5 Å². The van der Waals surface area contributed by atoms with Crippen molar-refractivity contribution in [1.82, 2.24) is 14.3 Å². The molecule has 0 fully saturated rings. The fraction of sp³-hybridized carbons (Fsp3) is 0.368. The summed E-state index contributed by atoms with van der Waals surface area (Å²) in [5.41, 5.74) is 3.88. The predicted octanol–water partition coefficient (Wildman–Crippen LogP) is 4.04. The van der Waals surface area contributed by atoms with E-state index in [0.29, 0.717) is 5.69 Å². The molecule has 0 aliphatic rings. The molecular formula is C19H24N4O. The van der Waals surface area contributed by atoms with Gasteiger partial charge in [-0.1, -0.05) is 25.0 Å². The Morgan fingerprint density at radius 3 is 2.79 bits per heavy atom. The van der Waals surface area contributed by atoms with Crippen LogP contribution < -0.4 is 5.32 Å². The molecule has 0 spiro atoms. The summed E-state index contributed by atoms with van der Waals surface area (Å²) < 4.78 is 3.82. The fourth-order valence-electron chi connectivity index (χ4n) is 2.98. The first-order chi connectivity index (χ1) is 11.5. The van der Waals surface area contributed by atoms with Crippen molar-refractivity contribution in [3.05, 3.63) is 47.3 Å². The van der Waals surface area contributed by atoms with E-state index in [-0.39, 0.29) is 5.91 Å². The molecule has 2 heterocycles. The molecule has 5 nitrogen and oxygen atoms in total. The lowest BCUT2D eigenvalue weighted by atomic mass is 10.2. The molecule has 0 saturated heterocycles. The molecule has 0 aliphatic heterocycles. The summed E-state index contributed by atoms with van der Waals surface area (Å²) in [7, 11) is 1.92. The number of rotatable bonds is 5. The van der Waals surface area contributed by atoms with Crippen LogP contribution in [0.15, 0.2) is 30.5 Å². The van der Waals surface area contributed by atoms with Gasteiger partial charge in [0.25, 0.3) is 5.91 Å². The Morgan fingerprint density at radius 1 is 1.25 bits per heavy atom. The van der Waals surface area contributed by atoms with Crippen LogP contribution >= 0.6 is 0 Å². The van der Waals surface area contributed by atoms with Crippen LogP contribution in [0, 0.1) is 13.8 Å². The summed E-state index contributed by atoms with van der Waals surface area (Å²) in [5.74, 6) is 0.683. The van der Waals surface area contributed by atoms with Crippen LogP contribution in [0.3, 0.4) is 0 Å². The molecule has 2 aromatic heterocycles. The maximum atomic E-state index is 12.8. The topological polar surface area (TPSA) is 51.9 Å². The fourth-order valence-corrected chi connectivity index (χ4v) is 2.98. The van der Waals surface area contributed by atoms with Gasteiger partial charge in [-0.05, 0) is 38.5 Å². The average Bonchev–Trinajstić information content (AvgIpc) is 3.06. The van der Waals surface area contributed by atoms with Gasteiger partial charge in [0.2, 0.25) is 0 Å². The molecule has 0 atom stereocenters. The zero-order chi connectivity index (χ0) is 17.3. The first-order valence-corrected chi connectivity index (χ1v) is 8.41. The number of anilines is 1. The van der Waals surface area contributed by atoms with Gasteiger partial charge in [0, 0.05) is 30.1 Å². The van der Waals surface area contributed by atoms with E-state index in [1.54, 1.807) is 6.20 Å². The minimum Gasteiger partial charge on any atom is -0.340 e. The minimum atomic E-state index is -0.104. The van der Waals surface area contributed by atoms with Crippen LogP contribution in [-0.2, 0) is 13.6 Å². The van der Waals surface area contributed by atoms with Crippen LogP contribution in [0.4, 0.5) is 5.82 Å². The maximum absolute atomic E-state index is 12.8. The highest BCUT2D eigenvalue weighted by Crippen LogP contribution is 2.22. The number of carbonyl (C=O) groups excluding carboxylic acids is 1. The number of benzene rings is 1. The Bertz CT molecular complexity index is 888. The Balaban J connectivity index is 1.91. The predicted molar refractivity (Wildman–Crippen MR) is 97.5 cm³/mol. The molecule has 0 aliphatic carbocycles. The third-order valence-corrected chi connectivity index (χ3v) is 4.41. The number of aryl methyl sites for hydroxylation is 4. The third-order valence-electron chi connectivity index (χ3n) is 4.41. The monoisotopic (exact) mass is 324 g/mol. The summed E-state index contributed by atoms with van der Waals surface area (Å²) in [6.45, 7) is 6.98. The smallest absolute Gasteiger partial charge is 0.273 e. The van der Waals surface area contributed by atoms with Crippen molar-refractivity contribution in [3.63, 3.8) is 0 Å². The van der Waals surface area contributed by atoms with Crippen molar-refractivity contribution in [3.8, 4) is 0 Å². The summed E-state index contributed by atoms with van der Waals surface area (Å²) in [5, 5.41) is 8.50. The molecule has 3 aromatic rings. The highest BCUT2D eigenvalue weighted by atomic mass is 16.2. The van der Waals surface area contributed by atoms with Gasteiger partial charge in [-0.15, -0.1) is 0 Å². The highest BCUT2D eigenvalue weighted by Gasteiger charge is 2.17. The van der Waals surface area contributed by atoms with Crippen molar-refractivity contribution in [2.45, 2.75) is 40.2 Å². The second kappa shape index (κ2) is 6.51. The molecule has 0 unspecified atom stereocenters. The molecule has 3 rings (SSSR count). The molecule has 0 bridgehead atoms. The Labute approximate surface area is 142 Å². The standard InChI is InChI=1S/C19H24N4O/c1-5-6-9-23-18(14(3)12-20-23)21-19(24)17-11-15-10-13(2)7-8-16(15)22(17)4/h7-8,10-12H,5-6,9H2,1-4H3,(H,21,24). The second-order valence-corrected chi connectivity index (χ2v) is 6.36. The van der Waals surface area contributed by atoms with E-state index in [2.05, 4.69) is 42.5 Å². The van der Waals surface area contributed by atoms with E-state index in [9.17, 15) is 4.79 Å². The summed E-state index contributed by atoms with van der Waals surface area (Å²) in [6, 6.07) is 8.16. The normalized spacial score (nSPS) is 11.2. The summed E-state index contributed by atoms with van der Waals surface area (Å²) in [6.07, 6.45) is 3.93. The number of unbranched alkanes of at least 4 members (excludes halogenated alkanes) is 1. The maximum Gasteiger partial charge on any atom is 0.273 e. The van der Waals surface area contributed by atoms with E-state index in [1.165, 1.54) is 5.56 Å². The van der Waals surface area contributed by atoms with Crippen LogP contribution in [-0.4, -0.2) is 20.3 Å². The molecule has 1 aromatic carbocycles. The van der Waals surface area contributed by atoms with E-state index >= 15 is 0 Å². The average molecular weight is 324 g/mol.